The van der Waals surface area contributed by atoms with Gasteiger partial charge in [-0.05, 0) is 6.92 Å². The van der Waals surface area contributed by atoms with Gasteiger partial charge in [0, 0.05) is 0 Å². The zero-order valence-corrected chi connectivity index (χ0v) is 5.29. The Balaban J connectivity index is 3.83. The molecule has 0 spiro atoms. The number of carboxylic acids is 1. The van der Waals surface area contributed by atoms with Crippen LogP contribution in [-0.2, 0) is 9.59 Å². The van der Waals surface area contributed by atoms with Crippen LogP contribution in [-0.4, -0.2) is 23.0 Å². The van der Waals surface area contributed by atoms with Crippen LogP contribution in [0.25, 0.3) is 0 Å². The summed E-state index contributed by atoms with van der Waals surface area (Å²) in [5.41, 5.74) is 0. The highest BCUT2D eigenvalue weighted by atomic mass is 16.4. The summed E-state index contributed by atoms with van der Waals surface area (Å²) in [5, 5.41) is 18.0. The number of nitrogens with zero attached hydrogens (tertiary/aromatic N) is 1. The number of nitrogens with one attached hydrogen (secondary N) is 1. The lowest BCUT2D eigenvalue weighted by Crippen LogP contribution is -2.36. The molecule has 1 amide bonds. The van der Waals surface area contributed by atoms with Gasteiger partial charge in [-0.3, -0.25) is 4.79 Å². The molecule has 0 aliphatic heterocycles. The highest BCUT2D eigenvalue weighted by Gasteiger charge is 2.12. The monoisotopic (exact) mass is 142 g/mol. The van der Waals surface area contributed by atoms with Crippen molar-refractivity contribution in [1.82, 2.24) is 5.32 Å². The van der Waals surface area contributed by atoms with E-state index in [1.807, 2.05) is 5.32 Å². The molecule has 0 saturated carbocycles. The molecule has 2 N–H and O–H groups in total. The number of carboxylic acid groups (broad SMARTS) is 1. The summed E-state index contributed by atoms with van der Waals surface area (Å²) < 4.78 is 0. The minimum absolute atomic E-state index is 0.761. The van der Waals surface area contributed by atoms with Gasteiger partial charge in [0.2, 0.25) is 0 Å². The predicted octanol–water partition coefficient (Wildman–Crippen LogP) is -0.901. The lowest BCUT2D eigenvalue weighted by molar-refractivity contribution is -0.150. The van der Waals surface area contributed by atoms with Crippen LogP contribution in [0.1, 0.15) is 6.92 Å². The maximum Gasteiger partial charge on any atom is 0.394 e. The lowest BCUT2D eigenvalue weighted by Gasteiger charge is -2.00. The summed E-state index contributed by atoms with van der Waals surface area (Å²) in [6.07, 6.45) is 0. The average Bonchev–Trinajstić information content (AvgIpc) is 1.87. The number of hydrogen-bond acceptors (Lipinski definition) is 3. The molecule has 0 rings (SSSR count). The molecular formula is C5H6N2O3. The van der Waals surface area contributed by atoms with E-state index in [4.69, 9.17) is 10.4 Å². The smallest absolute Gasteiger partial charge is 0.394 e. The van der Waals surface area contributed by atoms with Crippen LogP contribution in [0, 0.1) is 11.3 Å². The molecular weight excluding hydrogens is 136 g/mol. The van der Waals surface area contributed by atoms with E-state index in [0.717, 1.165) is 0 Å². The molecule has 10 heavy (non-hydrogen) atoms. The second kappa shape index (κ2) is 3.45. The fraction of sp³-hybridized carbons (Fsp3) is 0.400. The molecule has 1 unspecified atom stereocenters. The van der Waals surface area contributed by atoms with Gasteiger partial charge in [-0.15, -0.1) is 0 Å². The van der Waals surface area contributed by atoms with Gasteiger partial charge in [-0.2, -0.15) is 5.26 Å². The van der Waals surface area contributed by atoms with Crippen LogP contribution in [0.5, 0.6) is 0 Å². The van der Waals surface area contributed by atoms with E-state index >= 15 is 0 Å². The number of hydrogen-bond donors (Lipinski definition) is 2. The van der Waals surface area contributed by atoms with Crippen LogP contribution in [0.3, 0.4) is 0 Å². The number of carbonyl (C=O) groups excluding carboxylic acids is 1. The first-order valence-corrected chi connectivity index (χ1v) is 2.51. The van der Waals surface area contributed by atoms with Gasteiger partial charge in [0.15, 0.2) is 0 Å². The summed E-state index contributed by atoms with van der Waals surface area (Å²) in [6.45, 7) is 1.39. The Morgan fingerprint density at radius 2 is 2.20 bits per heavy atom. The minimum Gasteiger partial charge on any atom is -0.474 e. The molecule has 5 nitrogen and oxygen atoms in total. The average molecular weight is 142 g/mol. The predicted molar refractivity (Wildman–Crippen MR) is 30.9 cm³/mol. The van der Waals surface area contributed by atoms with Crippen LogP contribution in [0.15, 0.2) is 0 Å². The van der Waals surface area contributed by atoms with E-state index in [9.17, 15) is 9.59 Å². The van der Waals surface area contributed by atoms with E-state index in [1.165, 1.54) is 6.92 Å². The van der Waals surface area contributed by atoms with E-state index < -0.39 is 17.9 Å². The van der Waals surface area contributed by atoms with Crippen LogP contribution < -0.4 is 5.32 Å². The zero-order chi connectivity index (χ0) is 8.15. The standard InChI is InChI=1S/C5H6N2O3/c1-3(2-6)7-4(8)5(9)10/h3H,1H3,(H,7,8)(H,9,10). The lowest BCUT2D eigenvalue weighted by atomic mass is 10.4. The summed E-state index contributed by atoms with van der Waals surface area (Å²) in [5.74, 6) is -2.74. The quantitative estimate of drug-likeness (QED) is 0.464. The number of aliphatic carboxylic acids is 1. The molecule has 1 atom stereocenters. The maximum absolute atomic E-state index is 10.3. The molecule has 54 valence electrons. The number of amides is 1. The molecule has 5 heteroatoms. The molecule has 0 aliphatic rings. The van der Waals surface area contributed by atoms with Gasteiger partial charge in [0.05, 0.1) is 6.07 Å². The normalized spacial score (nSPS) is 11.2. The first-order chi connectivity index (χ1) is 4.57. The number of rotatable bonds is 1. The van der Waals surface area contributed by atoms with Gasteiger partial charge in [-0.1, -0.05) is 0 Å². The van der Waals surface area contributed by atoms with Crippen LogP contribution >= 0.6 is 0 Å². The zero-order valence-electron chi connectivity index (χ0n) is 5.29. The second-order valence-corrected chi connectivity index (χ2v) is 1.63. The Kier molecular flexibility index (Phi) is 2.91. The van der Waals surface area contributed by atoms with Gasteiger partial charge in [-0.25, -0.2) is 4.79 Å². The van der Waals surface area contributed by atoms with E-state index in [1.54, 1.807) is 6.07 Å². The highest BCUT2D eigenvalue weighted by Crippen LogP contribution is 1.76. The fourth-order valence-electron chi connectivity index (χ4n) is 0.291. The molecule has 0 aromatic rings. The number of carbonyl (C=O) groups is 2. The van der Waals surface area contributed by atoms with Crippen molar-refractivity contribution in [3.05, 3.63) is 0 Å². The van der Waals surface area contributed by atoms with Crippen molar-refractivity contribution in [1.29, 1.82) is 5.26 Å². The summed E-state index contributed by atoms with van der Waals surface area (Å²) in [6, 6.07) is 0.895. The van der Waals surface area contributed by atoms with Crippen molar-refractivity contribution >= 4 is 11.9 Å². The molecule has 0 aromatic carbocycles. The first kappa shape index (κ1) is 8.43. The molecule has 0 heterocycles. The van der Waals surface area contributed by atoms with Crippen molar-refractivity contribution in [2.75, 3.05) is 0 Å². The molecule has 0 radical (unpaired) electrons. The Bertz CT molecular complexity index is 194. The summed E-state index contributed by atoms with van der Waals surface area (Å²) in [4.78, 5) is 20.1. The fourth-order valence-corrected chi connectivity index (χ4v) is 0.291. The molecule has 0 bridgehead atoms. The Labute approximate surface area is 57.3 Å². The van der Waals surface area contributed by atoms with Crippen LogP contribution in [0.2, 0.25) is 0 Å². The van der Waals surface area contributed by atoms with Gasteiger partial charge >= 0.3 is 11.9 Å². The summed E-state index contributed by atoms with van der Waals surface area (Å²) >= 11 is 0. The third-order valence-corrected chi connectivity index (χ3v) is 0.735. The second-order valence-electron chi connectivity index (χ2n) is 1.63. The molecule has 0 aliphatic carbocycles. The van der Waals surface area contributed by atoms with Gasteiger partial charge in [0.25, 0.3) is 0 Å². The Morgan fingerprint density at radius 1 is 1.70 bits per heavy atom. The van der Waals surface area contributed by atoms with Gasteiger partial charge in [0.1, 0.15) is 6.04 Å². The van der Waals surface area contributed by atoms with Crippen molar-refractivity contribution in [3.63, 3.8) is 0 Å². The number of nitriles is 1. The summed E-state index contributed by atoms with van der Waals surface area (Å²) in [7, 11) is 0. The third kappa shape index (κ3) is 2.67. The SMILES string of the molecule is CC(C#N)NC(=O)C(=O)O. The largest absolute Gasteiger partial charge is 0.474 e. The topological polar surface area (TPSA) is 90.2 Å². The van der Waals surface area contributed by atoms with Crippen molar-refractivity contribution in [2.45, 2.75) is 13.0 Å². The van der Waals surface area contributed by atoms with E-state index in [0.29, 0.717) is 0 Å². The van der Waals surface area contributed by atoms with E-state index in [2.05, 4.69) is 0 Å². The van der Waals surface area contributed by atoms with Crippen LogP contribution in [0.4, 0.5) is 0 Å². The van der Waals surface area contributed by atoms with Crippen molar-refractivity contribution < 1.29 is 14.7 Å². The van der Waals surface area contributed by atoms with Gasteiger partial charge < -0.3 is 10.4 Å². The minimum atomic E-state index is -1.58. The maximum atomic E-state index is 10.3. The Hall–Kier alpha value is -1.57. The molecule has 0 aromatic heterocycles. The third-order valence-electron chi connectivity index (χ3n) is 0.735. The van der Waals surface area contributed by atoms with Crippen molar-refractivity contribution in [3.8, 4) is 6.07 Å². The van der Waals surface area contributed by atoms with E-state index in [-0.39, 0.29) is 0 Å². The first-order valence-electron chi connectivity index (χ1n) is 2.51. The molecule has 0 saturated heterocycles. The molecule has 0 fully saturated rings. The van der Waals surface area contributed by atoms with Crippen molar-refractivity contribution in [2.24, 2.45) is 0 Å². The Morgan fingerprint density at radius 3 is 2.50 bits per heavy atom. The highest BCUT2D eigenvalue weighted by molar-refractivity contribution is 6.31.